The second-order valence-corrected chi connectivity index (χ2v) is 6.62. The molecule has 7 nitrogen and oxygen atoms in total. The summed E-state index contributed by atoms with van der Waals surface area (Å²) in [4.78, 5) is 34.2. The van der Waals surface area contributed by atoms with Gasteiger partial charge in [0.15, 0.2) is 11.5 Å². The van der Waals surface area contributed by atoms with Crippen molar-refractivity contribution in [3.63, 3.8) is 0 Å². The maximum atomic E-state index is 12.0. The van der Waals surface area contributed by atoms with Crippen LogP contribution in [0.4, 0.5) is 0 Å². The van der Waals surface area contributed by atoms with Gasteiger partial charge in [-0.05, 0) is 41.7 Å². The highest BCUT2D eigenvalue weighted by atomic mass is 32.2. The number of carbonyl (C=O) groups is 3. The van der Waals surface area contributed by atoms with Crippen molar-refractivity contribution in [2.45, 2.75) is 26.3 Å². The number of methoxy groups -OCH3 is 1. The first-order valence-corrected chi connectivity index (χ1v) is 9.18. The molecular weight excluding hydrogens is 358 g/mol. The molecule has 8 heteroatoms. The van der Waals surface area contributed by atoms with Gasteiger partial charge in [-0.2, -0.15) is 11.8 Å². The van der Waals surface area contributed by atoms with Crippen LogP contribution in [0.25, 0.3) is 6.08 Å². The van der Waals surface area contributed by atoms with E-state index >= 15 is 0 Å². The molecule has 0 bridgehead atoms. The van der Waals surface area contributed by atoms with Gasteiger partial charge in [-0.25, -0.2) is 4.79 Å². The molecule has 0 spiro atoms. The second-order valence-electron chi connectivity index (χ2n) is 5.22. The number of hydrogen-bond acceptors (Lipinski definition) is 6. The zero-order valence-electron chi connectivity index (χ0n) is 15.0. The molecule has 142 valence electrons. The normalized spacial score (nSPS) is 11.8. The van der Waals surface area contributed by atoms with Gasteiger partial charge in [0.05, 0.1) is 7.11 Å². The first-order valence-electron chi connectivity index (χ1n) is 8.03. The Bertz CT molecular complexity index is 674. The van der Waals surface area contributed by atoms with E-state index < -0.39 is 23.9 Å². The molecule has 1 rings (SSSR count). The number of amides is 1. The minimum Gasteiger partial charge on any atom is -0.493 e. The summed E-state index contributed by atoms with van der Waals surface area (Å²) in [5.41, 5.74) is 0.640. The minimum atomic E-state index is -1.06. The van der Waals surface area contributed by atoms with E-state index in [0.29, 0.717) is 23.5 Å². The Balaban J connectivity index is 2.74. The van der Waals surface area contributed by atoms with Crippen LogP contribution in [0.1, 0.15) is 25.8 Å². The third-order valence-electron chi connectivity index (χ3n) is 3.24. The van der Waals surface area contributed by atoms with Crippen molar-refractivity contribution in [2.24, 2.45) is 0 Å². The summed E-state index contributed by atoms with van der Waals surface area (Å²) in [6, 6.07) is 3.89. The SMILES string of the molecule is CCSCCC(NC(=O)/C=C/c1ccc(OC(C)=O)c(OC)c1)C(=O)O. The molecule has 1 unspecified atom stereocenters. The van der Waals surface area contributed by atoms with E-state index in [0.717, 1.165) is 5.75 Å². The highest BCUT2D eigenvalue weighted by Crippen LogP contribution is 2.28. The Labute approximate surface area is 156 Å². The van der Waals surface area contributed by atoms with Gasteiger partial charge in [0.1, 0.15) is 6.04 Å². The topological polar surface area (TPSA) is 102 Å². The molecule has 1 aromatic rings. The van der Waals surface area contributed by atoms with Gasteiger partial charge in [0, 0.05) is 13.0 Å². The number of carboxylic acid groups (broad SMARTS) is 1. The lowest BCUT2D eigenvalue weighted by Crippen LogP contribution is -2.40. The number of carboxylic acids is 1. The van der Waals surface area contributed by atoms with E-state index in [4.69, 9.17) is 9.47 Å². The van der Waals surface area contributed by atoms with Crippen LogP contribution in [0.3, 0.4) is 0 Å². The Kier molecular flexibility index (Phi) is 9.29. The average molecular weight is 381 g/mol. The van der Waals surface area contributed by atoms with Gasteiger partial charge in [-0.3, -0.25) is 9.59 Å². The fraction of sp³-hybridized carbons (Fsp3) is 0.389. The van der Waals surface area contributed by atoms with Crippen LogP contribution in [0.15, 0.2) is 24.3 Å². The summed E-state index contributed by atoms with van der Waals surface area (Å²) in [6.07, 6.45) is 3.14. The van der Waals surface area contributed by atoms with Gasteiger partial charge in [0.2, 0.25) is 5.91 Å². The molecular formula is C18H23NO6S. The summed E-state index contributed by atoms with van der Waals surface area (Å²) in [7, 11) is 1.44. The van der Waals surface area contributed by atoms with Gasteiger partial charge in [-0.1, -0.05) is 13.0 Å². The van der Waals surface area contributed by atoms with Crippen LogP contribution in [0.5, 0.6) is 11.5 Å². The summed E-state index contributed by atoms with van der Waals surface area (Å²) in [6.45, 7) is 3.28. The third-order valence-corrected chi connectivity index (χ3v) is 4.17. The number of ether oxygens (including phenoxy) is 2. The van der Waals surface area contributed by atoms with Crippen molar-refractivity contribution < 1.29 is 29.0 Å². The Morgan fingerprint density at radius 2 is 2.04 bits per heavy atom. The van der Waals surface area contributed by atoms with Crippen LogP contribution in [0, 0.1) is 0 Å². The summed E-state index contributed by atoms with van der Waals surface area (Å²) >= 11 is 1.62. The average Bonchev–Trinajstić information content (AvgIpc) is 2.59. The van der Waals surface area contributed by atoms with Gasteiger partial charge in [0.25, 0.3) is 0 Å². The lowest BCUT2D eigenvalue weighted by Gasteiger charge is -2.12. The van der Waals surface area contributed by atoms with E-state index in [2.05, 4.69) is 5.32 Å². The van der Waals surface area contributed by atoms with Crippen molar-refractivity contribution in [1.82, 2.24) is 5.32 Å². The fourth-order valence-corrected chi connectivity index (χ4v) is 2.71. The van der Waals surface area contributed by atoms with Crippen molar-refractivity contribution in [3.8, 4) is 11.5 Å². The molecule has 26 heavy (non-hydrogen) atoms. The molecule has 2 N–H and O–H groups in total. The molecule has 0 aromatic heterocycles. The lowest BCUT2D eigenvalue weighted by atomic mass is 10.1. The third kappa shape index (κ3) is 7.60. The second kappa shape index (κ2) is 11.2. The van der Waals surface area contributed by atoms with Gasteiger partial charge in [-0.15, -0.1) is 0 Å². The van der Waals surface area contributed by atoms with Crippen molar-refractivity contribution >= 4 is 35.7 Å². The van der Waals surface area contributed by atoms with E-state index in [-0.39, 0.29) is 5.75 Å². The van der Waals surface area contributed by atoms with E-state index in [1.165, 1.54) is 26.2 Å². The van der Waals surface area contributed by atoms with Crippen molar-refractivity contribution in [1.29, 1.82) is 0 Å². The largest absolute Gasteiger partial charge is 0.493 e. The minimum absolute atomic E-state index is 0.279. The number of nitrogens with one attached hydrogen (secondary N) is 1. The number of hydrogen-bond donors (Lipinski definition) is 2. The molecule has 1 aromatic carbocycles. The molecule has 0 saturated carbocycles. The highest BCUT2D eigenvalue weighted by Gasteiger charge is 2.18. The molecule has 0 radical (unpaired) electrons. The van der Waals surface area contributed by atoms with E-state index in [1.807, 2.05) is 6.92 Å². The number of aliphatic carboxylic acids is 1. The van der Waals surface area contributed by atoms with Crippen molar-refractivity contribution in [2.75, 3.05) is 18.6 Å². The number of rotatable bonds is 10. The zero-order valence-corrected chi connectivity index (χ0v) is 15.8. The van der Waals surface area contributed by atoms with E-state index in [1.54, 1.807) is 30.0 Å². The standard InChI is InChI=1S/C18H23NO6S/c1-4-26-10-9-14(18(22)23)19-17(21)8-6-13-5-7-15(25-12(2)20)16(11-13)24-3/h5-8,11,14H,4,9-10H2,1-3H3,(H,19,21)(H,22,23)/b8-6+. The lowest BCUT2D eigenvalue weighted by molar-refractivity contribution is -0.141. The number of esters is 1. The Hall–Kier alpha value is -2.48. The highest BCUT2D eigenvalue weighted by molar-refractivity contribution is 7.99. The molecule has 0 aliphatic carbocycles. The quantitative estimate of drug-likeness (QED) is 0.278. The molecule has 0 aliphatic rings. The van der Waals surface area contributed by atoms with Crippen LogP contribution in [0.2, 0.25) is 0 Å². The van der Waals surface area contributed by atoms with Crippen molar-refractivity contribution in [3.05, 3.63) is 29.8 Å². The maximum absolute atomic E-state index is 12.0. The molecule has 0 saturated heterocycles. The molecule has 1 amide bonds. The molecule has 0 aliphatic heterocycles. The van der Waals surface area contributed by atoms with E-state index in [9.17, 15) is 19.5 Å². The van der Waals surface area contributed by atoms with Crippen LogP contribution in [-0.4, -0.2) is 47.6 Å². The molecule has 0 heterocycles. The maximum Gasteiger partial charge on any atom is 0.326 e. The molecule has 1 atom stereocenters. The zero-order chi connectivity index (χ0) is 19.5. The Morgan fingerprint density at radius 1 is 1.31 bits per heavy atom. The van der Waals surface area contributed by atoms with Crippen LogP contribution < -0.4 is 14.8 Å². The monoisotopic (exact) mass is 381 g/mol. The van der Waals surface area contributed by atoms with Crippen LogP contribution in [-0.2, 0) is 14.4 Å². The first-order chi connectivity index (χ1) is 12.4. The van der Waals surface area contributed by atoms with Gasteiger partial charge < -0.3 is 19.9 Å². The first kappa shape index (κ1) is 21.6. The summed E-state index contributed by atoms with van der Waals surface area (Å²) in [5.74, 6) is 0.158. The predicted octanol–water partition coefficient (Wildman–Crippen LogP) is 2.35. The number of carbonyl (C=O) groups excluding carboxylic acids is 2. The molecule has 0 fully saturated rings. The number of thioether (sulfide) groups is 1. The Morgan fingerprint density at radius 3 is 2.62 bits per heavy atom. The van der Waals surface area contributed by atoms with Crippen LogP contribution >= 0.6 is 11.8 Å². The summed E-state index contributed by atoms with van der Waals surface area (Å²) < 4.78 is 10.2. The fourth-order valence-electron chi connectivity index (χ4n) is 2.02. The predicted molar refractivity (Wildman–Crippen MR) is 101 cm³/mol. The summed E-state index contributed by atoms with van der Waals surface area (Å²) in [5, 5.41) is 11.6. The smallest absolute Gasteiger partial charge is 0.326 e. The number of benzene rings is 1. The van der Waals surface area contributed by atoms with Gasteiger partial charge >= 0.3 is 11.9 Å².